The first-order valence-corrected chi connectivity index (χ1v) is 8.04. The van der Waals surface area contributed by atoms with Crippen molar-refractivity contribution in [3.8, 4) is 6.07 Å². The molecule has 1 aliphatic heterocycles. The van der Waals surface area contributed by atoms with E-state index < -0.39 is 0 Å². The Hall–Kier alpha value is -3.28. The third-order valence-electron chi connectivity index (χ3n) is 4.35. The van der Waals surface area contributed by atoms with Crippen LogP contribution in [0, 0.1) is 18.3 Å². The number of fused-ring (bicyclic) bond motifs is 1. The van der Waals surface area contributed by atoms with E-state index in [0.717, 1.165) is 48.9 Å². The Morgan fingerprint density at radius 2 is 1.68 bits per heavy atom. The van der Waals surface area contributed by atoms with Crippen molar-refractivity contribution in [2.24, 2.45) is 7.05 Å². The van der Waals surface area contributed by atoms with Crippen molar-refractivity contribution in [2.75, 3.05) is 36.0 Å². The Labute approximate surface area is 144 Å². The molecule has 0 spiro atoms. The Balaban J connectivity index is 1.60. The predicted octanol–water partition coefficient (Wildman–Crippen LogP) is 0.660. The van der Waals surface area contributed by atoms with Gasteiger partial charge in [0.2, 0.25) is 0 Å². The zero-order valence-electron chi connectivity index (χ0n) is 14.1. The van der Waals surface area contributed by atoms with Gasteiger partial charge in [-0.05, 0) is 6.92 Å². The minimum Gasteiger partial charge on any atom is -0.352 e. The number of aromatic nitrogens is 6. The fraction of sp³-hybridized carbons (Fsp3) is 0.375. The van der Waals surface area contributed by atoms with Crippen LogP contribution in [0.5, 0.6) is 0 Å². The van der Waals surface area contributed by atoms with Gasteiger partial charge < -0.3 is 9.80 Å². The Kier molecular flexibility index (Phi) is 3.65. The standard InChI is InChI=1S/C16H17N9/c1-11-21-14-12(10-20-23(14)2)15(22-11)24-5-7-25(8-6-24)16-13(9-17)18-3-4-19-16/h3-4,10H,5-8H2,1-2H3. The normalized spacial score (nSPS) is 14.8. The maximum absolute atomic E-state index is 9.21. The van der Waals surface area contributed by atoms with Crippen molar-refractivity contribution in [2.45, 2.75) is 6.92 Å². The number of anilines is 2. The summed E-state index contributed by atoms with van der Waals surface area (Å²) in [6.07, 6.45) is 4.98. The molecule has 25 heavy (non-hydrogen) atoms. The first-order valence-electron chi connectivity index (χ1n) is 8.04. The molecule has 0 aromatic carbocycles. The molecule has 3 aromatic heterocycles. The summed E-state index contributed by atoms with van der Waals surface area (Å²) < 4.78 is 1.77. The van der Waals surface area contributed by atoms with Gasteiger partial charge in [0, 0.05) is 45.6 Å². The number of rotatable bonds is 2. The summed E-state index contributed by atoms with van der Waals surface area (Å²) in [5.74, 6) is 2.29. The highest BCUT2D eigenvalue weighted by molar-refractivity contribution is 5.87. The summed E-state index contributed by atoms with van der Waals surface area (Å²) in [4.78, 5) is 21.9. The molecule has 1 aliphatic rings. The van der Waals surface area contributed by atoms with Crippen LogP contribution in [0.1, 0.15) is 11.5 Å². The second kappa shape index (κ2) is 5.98. The van der Waals surface area contributed by atoms with Gasteiger partial charge in [-0.3, -0.25) is 4.68 Å². The Morgan fingerprint density at radius 3 is 2.40 bits per heavy atom. The smallest absolute Gasteiger partial charge is 0.183 e. The van der Waals surface area contributed by atoms with Gasteiger partial charge >= 0.3 is 0 Å². The maximum atomic E-state index is 9.21. The average molecular weight is 335 g/mol. The minimum absolute atomic E-state index is 0.364. The van der Waals surface area contributed by atoms with Gasteiger partial charge in [0.25, 0.3) is 0 Å². The highest BCUT2D eigenvalue weighted by Crippen LogP contribution is 2.25. The van der Waals surface area contributed by atoms with Crippen molar-refractivity contribution >= 4 is 22.7 Å². The van der Waals surface area contributed by atoms with Crippen LogP contribution in [0.4, 0.5) is 11.6 Å². The third kappa shape index (κ3) is 2.61. The van der Waals surface area contributed by atoms with Gasteiger partial charge in [-0.15, -0.1) is 0 Å². The van der Waals surface area contributed by atoms with Gasteiger partial charge in [0.1, 0.15) is 17.7 Å². The van der Waals surface area contributed by atoms with Gasteiger partial charge in [-0.2, -0.15) is 10.4 Å². The molecule has 0 radical (unpaired) electrons. The van der Waals surface area contributed by atoms with Gasteiger partial charge in [-0.1, -0.05) is 0 Å². The molecule has 0 saturated carbocycles. The average Bonchev–Trinajstić information content (AvgIpc) is 3.02. The van der Waals surface area contributed by atoms with E-state index in [1.165, 1.54) is 0 Å². The summed E-state index contributed by atoms with van der Waals surface area (Å²) in [5.41, 5.74) is 1.20. The SMILES string of the molecule is Cc1nc(N2CCN(c3nccnc3C#N)CC2)c2cnn(C)c2n1. The van der Waals surface area contributed by atoms with E-state index in [1.807, 2.05) is 20.2 Å². The molecule has 1 fully saturated rings. The third-order valence-corrected chi connectivity index (χ3v) is 4.35. The topological polar surface area (TPSA) is 99.6 Å². The fourth-order valence-electron chi connectivity index (χ4n) is 3.13. The molecule has 3 aromatic rings. The molecular weight excluding hydrogens is 318 g/mol. The highest BCUT2D eigenvalue weighted by Gasteiger charge is 2.24. The second-order valence-corrected chi connectivity index (χ2v) is 5.91. The minimum atomic E-state index is 0.364. The van der Waals surface area contributed by atoms with E-state index in [-0.39, 0.29) is 0 Å². The number of nitrogens with zero attached hydrogens (tertiary/aromatic N) is 9. The molecule has 1 saturated heterocycles. The van der Waals surface area contributed by atoms with Crippen LogP contribution in [0.3, 0.4) is 0 Å². The summed E-state index contributed by atoms with van der Waals surface area (Å²) in [6, 6.07) is 2.11. The highest BCUT2D eigenvalue weighted by atomic mass is 15.3. The molecule has 126 valence electrons. The molecule has 0 amide bonds. The second-order valence-electron chi connectivity index (χ2n) is 5.91. The van der Waals surface area contributed by atoms with Crippen LogP contribution in [0.15, 0.2) is 18.6 Å². The van der Waals surface area contributed by atoms with Crippen LogP contribution >= 0.6 is 0 Å². The van der Waals surface area contributed by atoms with Crippen LogP contribution < -0.4 is 9.80 Å². The van der Waals surface area contributed by atoms with Crippen LogP contribution in [0.2, 0.25) is 0 Å². The number of hydrogen-bond acceptors (Lipinski definition) is 8. The zero-order valence-corrected chi connectivity index (χ0v) is 14.1. The van der Waals surface area contributed by atoms with Crippen LogP contribution in [0.25, 0.3) is 11.0 Å². The van der Waals surface area contributed by atoms with E-state index in [9.17, 15) is 5.26 Å². The lowest BCUT2D eigenvalue weighted by Crippen LogP contribution is -2.47. The van der Waals surface area contributed by atoms with Gasteiger partial charge in [0.05, 0.1) is 11.6 Å². The lowest BCUT2D eigenvalue weighted by atomic mass is 10.2. The summed E-state index contributed by atoms with van der Waals surface area (Å²) >= 11 is 0. The molecule has 9 nitrogen and oxygen atoms in total. The molecule has 0 aliphatic carbocycles. The van der Waals surface area contributed by atoms with E-state index in [4.69, 9.17) is 0 Å². The Bertz CT molecular complexity index is 963. The van der Waals surface area contributed by atoms with Crippen LogP contribution in [-0.2, 0) is 7.05 Å². The number of aryl methyl sites for hydroxylation is 2. The van der Waals surface area contributed by atoms with Crippen molar-refractivity contribution < 1.29 is 0 Å². The lowest BCUT2D eigenvalue weighted by molar-refractivity contribution is 0.640. The number of hydrogen-bond donors (Lipinski definition) is 0. The first-order chi connectivity index (χ1) is 12.2. The van der Waals surface area contributed by atoms with Crippen molar-refractivity contribution in [3.63, 3.8) is 0 Å². The Morgan fingerprint density at radius 1 is 1.00 bits per heavy atom. The number of nitriles is 1. The first kappa shape index (κ1) is 15.3. The molecule has 0 unspecified atom stereocenters. The molecule has 0 N–H and O–H groups in total. The van der Waals surface area contributed by atoms with E-state index in [2.05, 4.69) is 40.9 Å². The van der Waals surface area contributed by atoms with Crippen molar-refractivity contribution in [1.29, 1.82) is 5.26 Å². The maximum Gasteiger partial charge on any atom is 0.183 e. The molecule has 0 atom stereocenters. The predicted molar refractivity (Wildman–Crippen MR) is 92.2 cm³/mol. The van der Waals surface area contributed by atoms with Crippen LogP contribution in [-0.4, -0.2) is 55.9 Å². The largest absolute Gasteiger partial charge is 0.352 e. The molecular formula is C16H17N9. The quantitative estimate of drug-likeness (QED) is 0.673. The number of piperazine rings is 1. The van der Waals surface area contributed by atoms with Gasteiger partial charge in [0.15, 0.2) is 17.2 Å². The molecule has 4 rings (SSSR count). The summed E-state index contributed by atoms with van der Waals surface area (Å²) in [6.45, 7) is 4.95. The fourth-order valence-corrected chi connectivity index (χ4v) is 3.13. The molecule has 4 heterocycles. The summed E-state index contributed by atoms with van der Waals surface area (Å²) in [5, 5.41) is 14.5. The van der Waals surface area contributed by atoms with E-state index in [1.54, 1.807) is 17.1 Å². The van der Waals surface area contributed by atoms with E-state index in [0.29, 0.717) is 11.5 Å². The van der Waals surface area contributed by atoms with Crippen molar-refractivity contribution in [1.82, 2.24) is 29.7 Å². The molecule has 0 bridgehead atoms. The summed E-state index contributed by atoms with van der Waals surface area (Å²) in [7, 11) is 1.88. The zero-order chi connectivity index (χ0) is 17.4. The molecule has 9 heteroatoms. The van der Waals surface area contributed by atoms with Gasteiger partial charge in [-0.25, -0.2) is 19.9 Å². The lowest BCUT2D eigenvalue weighted by Gasteiger charge is -2.36. The van der Waals surface area contributed by atoms with E-state index >= 15 is 0 Å². The monoisotopic (exact) mass is 335 g/mol. The van der Waals surface area contributed by atoms with Crippen molar-refractivity contribution in [3.05, 3.63) is 30.1 Å².